The van der Waals surface area contributed by atoms with Crippen LogP contribution in [0.5, 0.6) is 0 Å². The number of unbranched alkanes of at least 4 members (excludes halogenated alkanes) is 4. The van der Waals surface area contributed by atoms with E-state index in [1.807, 2.05) is 0 Å². The topological polar surface area (TPSA) is 83.5 Å². The third-order valence-electron chi connectivity index (χ3n) is 4.20. The summed E-state index contributed by atoms with van der Waals surface area (Å²) >= 11 is 0. The van der Waals surface area contributed by atoms with Gasteiger partial charge in [0.25, 0.3) is 0 Å². The fourth-order valence-corrected chi connectivity index (χ4v) is 2.44. The van der Waals surface area contributed by atoms with Crippen LogP contribution >= 0.6 is 0 Å². The number of carbonyl (C=O) groups is 1. The van der Waals surface area contributed by atoms with Gasteiger partial charge in [0.1, 0.15) is 6.10 Å². The molecule has 0 aromatic carbocycles. The van der Waals surface area contributed by atoms with Gasteiger partial charge in [-0.1, -0.05) is 68.4 Å². The Hall–Kier alpha value is -1.49. The van der Waals surface area contributed by atoms with Gasteiger partial charge in [-0.2, -0.15) is 0 Å². The Kier molecular flexibility index (Phi) is 18.2. The molecular formula is C23H39NO3. The van der Waals surface area contributed by atoms with Crippen molar-refractivity contribution in [2.45, 2.75) is 83.3 Å². The number of nitrogens with two attached hydrogens (primary N) is 1. The third kappa shape index (κ3) is 16.4. The first-order valence-corrected chi connectivity index (χ1v) is 10.3. The first kappa shape index (κ1) is 25.5. The van der Waals surface area contributed by atoms with Gasteiger partial charge in [0.15, 0.2) is 5.78 Å². The zero-order valence-electron chi connectivity index (χ0n) is 16.9. The highest BCUT2D eigenvalue weighted by atomic mass is 16.3. The number of rotatable bonds is 17. The van der Waals surface area contributed by atoms with E-state index < -0.39 is 12.1 Å². The molecule has 0 heterocycles. The average molecular weight is 378 g/mol. The van der Waals surface area contributed by atoms with Crippen molar-refractivity contribution in [2.24, 2.45) is 5.73 Å². The first-order chi connectivity index (χ1) is 13.1. The minimum Gasteiger partial charge on any atom is -0.395 e. The summed E-state index contributed by atoms with van der Waals surface area (Å²) in [5.41, 5.74) is 5.43. The molecule has 27 heavy (non-hydrogen) atoms. The molecule has 0 aromatic rings. The van der Waals surface area contributed by atoms with Crippen molar-refractivity contribution in [1.29, 1.82) is 0 Å². The van der Waals surface area contributed by atoms with E-state index in [0.717, 1.165) is 25.7 Å². The second-order valence-electron chi connectivity index (χ2n) is 6.74. The Balaban J connectivity index is 3.60. The van der Waals surface area contributed by atoms with Crippen LogP contribution in [0, 0.1) is 0 Å². The quantitative estimate of drug-likeness (QED) is 0.259. The highest BCUT2D eigenvalue weighted by Crippen LogP contribution is 2.04. The van der Waals surface area contributed by atoms with E-state index >= 15 is 0 Å². The zero-order chi connectivity index (χ0) is 20.2. The maximum atomic E-state index is 11.6. The van der Waals surface area contributed by atoms with Gasteiger partial charge in [-0.15, -0.1) is 0 Å². The summed E-state index contributed by atoms with van der Waals surface area (Å²) in [7, 11) is 0. The molecule has 0 aliphatic carbocycles. The number of Topliss-reactive ketones (excluding diaryl/α,β-unsaturated/α-hetero) is 1. The lowest BCUT2D eigenvalue weighted by atomic mass is 10.0. The SMILES string of the molecule is CCCCCC=CCC=CCC=CCC=CCCCC(=O)C(O)[C@@H](N)CO. The fourth-order valence-electron chi connectivity index (χ4n) is 2.44. The summed E-state index contributed by atoms with van der Waals surface area (Å²) in [6.45, 7) is 1.84. The molecule has 0 fully saturated rings. The van der Waals surface area contributed by atoms with Crippen molar-refractivity contribution >= 4 is 5.78 Å². The summed E-state index contributed by atoms with van der Waals surface area (Å²) in [5, 5.41) is 18.4. The molecule has 154 valence electrons. The summed E-state index contributed by atoms with van der Waals surface area (Å²) in [6, 6.07) is -0.881. The summed E-state index contributed by atoms with van der Waals surface area (Å²) in [4.78, 5) is 11.6. The van der Waals surface area contributed by atoms with Crippen LogP contribution in [0.15, 0.2) is 48.6 Å². The molecule has 4 N–H and O–H groups in total. The van der Waals surface area contributed by atoms with Gasteiger partial charge in [-0.05, 0) is 44.9 Å². The van der Waals surface area contributed by atoms with Crippen LogP contribution in [-0.4, -0.2) is 34.7 Å². The predicted molar refractivity (Wildman–Crippen MR) is 114 cm³/mol. The molecule has 0 bridgehead atoms. The molecule has 0 amide bonds. The van der Waals surface area contributed by atoms with E-state index in [9.17, 15) is 9.90 Å². The van der Waals surface area contributed by atoms with Gasteiger partial charge < -0.3 is 15.9 Å². The lowest BCUT2D eigenvalue weighted by Crippen LogP contribution is -2.42. The Morgan fingerprint density at radius 2 is 1.33 bits per heavy atom. The van der Waals surface area contributed by atoms with Crippen molar-refractivity contribution in [1.82, 2.24) is 0 Å². The van der Waals surface area contributed by atoms with Crippen LogP contribution in [0.25, 0.3) is 0 Å². The van der Waals surface area contributed by atoms with Gasteiger partial charge in [0, 0.05) is 6.42 Å². The number of allylic oxidation sites excluding steroid dienone is 8. The lowest BCUT2D eigenvalue weighted by Gasteiger charge is -2.14. The Morgan fingerprint density at radius 3 is 1.81 bits per heavy atom. The molecule has 2 atom stereocenters. The van der Waals surface area contributed by atoms with Crippen LogP contribution in [0.2, 0.25) is 0 Å². The second kappa shape index (κ2) is 19.3. The number of hydrogen-bond acceptors (Lipinski definition) is 4. The summed E-state index contributed by atoms with van der Waals surface area (Å²) in [6.07, 6.45) is 25.8. The highest BCUT2D eigenvalue weighted by molar-refractivity contribution is 5.83. The number of ketones is 1. The maximum absolute atomic E-state index is 11.6. The number of aliphatic hydroxyl groups excluding tert-OH is 2. The van der Waals surface area contributed by atoms with Crippen molar-refractivity contribution < 1.29 is 15.0 Å². The Bertz CT molecular complexity index is 466. The van der Waals surface area contributed by atoms with Crippen LogP contribution in [0.1, 0.15) is 71.1 Å². The van der Waals surface area contributed by atoms with Gasteiger partial charge >= 0.3 is 0 Å². The summed E-state index contributed by atoms with van der Waals surface area (Å²) < 4.78 is 0. The molecule has 1 unspecified atom stereocenters. The highest BCUT2D eigenvalue weighted by Gasteiger charge is 2.21. The number of aliphatic hydroxyl groups is 2. The maximum Gasteiger partial charge on any atom is 0.162 e. The van der Waals surface area contributed by atoms with Crippen molar-refractivity contribution in [3.05, 3.63) is 48.6 Å². The van der Waals surface area contributed by atoms with E-state index in [-0.39, 0.29) is 18.8 Å². The lowest BCUT2D eigenvalue weighted by molar-refractivity contribution is -0.128. The molecule has 0 rings (SSSR count). The van der Waals surface area contributed by atoms with Crippen LogP contribution in [-0.2, 0) is 4.79 Å². The van der Waals surface area contributed by atoms with E-state index in [1.165, 1.54) is 25.7 Å². The molecule has 0 aliphatic rings. The molecule has 0 saturated heterocycles. The minimum atomic E-state index is -1.26. The largest absolute Gasteiger partial charge is 0.395 e. The van der Waals surface area contributed by atoms with Gasteiger partial charge in [-0.3, -0.25) is 4.79 Å². The molecular weight excluding hydrogens is 338 g/mol. The molecule has 0 aromatic heterocycles. The third-order valence-corrected chi connectivity index (χ3v) is 4.20. The first-order valence-electron chi connectivity index (χ1n) is 10.3. The molecule has 0 saturated carbocycles. The van der Waals surface area contributed by atoms with E-state index in [4.69, 9.17) is 10.8 Å². The van der Waals surface area contributed by atoms with Crippen molar-refractivity contribution in [3.8, 4) is 0 Å². The molecule has 0 radical (unpaired) electrons. The Morgan fingerprint density at radius 1 is 0.852 bits per heavy atom. The van der Waals surface area contributed by atoms with Crippen molar-refractivity contribution in [2.75, 3.05) is 6.61 Å². The molecule has 0 spiro atoms. The Labute approximate surface area is 165 Å². The van der Waals surface area contributed by atoms with Gasteiger partial charge in [0.05, 0.1) is 12.6 Å². The normalized spacial score (nSPS) is 14.8. The van der Waals surface area contributed by atoms with Gasteiger partial charge in [-0.25, -0.2) is 0 Å². The van der Waals surface area contributed by atoms with Crippen molar-refractivity contribution in [3.63, 3.8) is 0 Å². The van der Waals surface area contributed by atoms with Crippen LogP contribution in [0.3, 0.4) is 0 Å². The molecule has 4 nitrogen and oxygen atoms in total. The van der Waals surface area contributed by atoms with E-state index in [2.05, 4.69) is 55.5 Å². The van der Waals surface area contributed by atoms with Crippen LogP contribution in [0.4, 0.5) is 0 Å². The second-order valence-corrected chi connectivity index (χ2v) is 6.74. The summed E-state index contributed by atoms with van der Waals surface area (Å²) in [5.74, 6) is -0.299. The average Bonchev–Trinajstić information content (AvgIpc) is 2.68. The molecule has 4 heteroatoms. The smallest absolute Gasteiger partial charge is 0.162 e. The van der Waals surface area contributed by atoms with E-state index in [0.29, 0.717) is 6.42 Å². The van der Waals surface area contributed by atoms with Crippen LogP contribution < -0.4 is 5.73 Å². The van der Waals surface area contributed by atoms with E-state index in [1.54, 1.807) is 0 Å². The molecule has 0 aliphatic heterocycles. The zero-order valence-corrected chi connectivity index (χ0v) is 16.9. The number of carbonyl (C=O) groups excluding carboxylic acids is 1. The minimum absolute atomic E-state index is 0.285. The monoisotopic (exact) mass is 377 g/mol. The fraction of sp³-hybridized carbons (Fsp3) is 0.609. The van der Waals surface area contributed by atoms with Gasteiger partial charge in [0.2, 0.25) is 0 Å². The standard InChI is InChI=1S/C23H39NO3/c1-2-3-4-5-6-7-8-9-10-11-12-13-14-15-16-17-18-19-22(26)23(27)21(24)20-25/h6-7,9-10,12-13,15-16,21,23,25,27H,2-5,8,11,14,17-20,24H2,1H3/t21-,23?/m0/s1. The predicted octanol–water partition coefficient (Wildman–Crippen LogP) is 4.38. The number of hydrogen-bond donors (Lipinski definition) is 3.